The molecule has 26 heavy (non-hydrogen) atoms. The summed E-state index contributed by atoms with van der Waals surface area (Å²) in [6.45, 7) is 0.231. The monoisotopic (exact) mass is 349 g/mol. The van der Waals surface area contributed by atoms with Crippen molar-refractivity contribution >= 4 is 17.1 Å². The van der Waals surface area contributed by atoms with E-state index < -0.39 is 6.10 Å². The van der Waals surface area contributed by atoms with Gasteiger partial charge in [0.25, 0.3) is 0 Å². The molecular weight excluding hydrogens is 326 g/mol. The second-order valence-electron chi connectivity index (χ2n) is 6.02. The number of ether oxygens (including phenoxy) is 1. The number of anilines is 3. The zero-order valence-electron chi connectivity index (χ0n) is 14.5. The minimum Gasteiger partial charge on any atom is -0.394 e. The molecule has 4 heteroatoms. The van der Waals surface area contributed by atoms with Crippen molar-refractivity contribution in [1.82, 2.24) is 0 Å². The molecule has 0 radical (unpaired) electrons. The zero-order valence-corrected chi connectivity index (χ0v) is 14.5. The maximum atomic E-state index is 9.32. The van der Waals surface area contributed by atoms with Crippen LogP contribution in [0.1, 0.15) is 5.56 Å². The molecule has 0 aliphatic heterocycles. The van der Waals surface area contributed by atoms with Crippen LogP contribution in [-0.4, -0.2) is 29.5 Å². The molecule has 1 atom stereocenters. The van der Waals surface area contributed by atoms with Gasteiger partial charge < -0.3 is 19.8 Å². The Kier molecular flexibility index (Phi) is 6.39. The van der Waals surface area contributed by atoms with E-state index in [0.717, 1.165) is 22.6 Å². The Balaban J connectivity index is 1.79. The third-order valence-electron chi connectivity index (χ3n) is 4.01. The van der Waals surface area contributed by atoms with E-state index in [1.54, 1.807) is 0 Å². The van der Waals surface area contributed by atoms with E-state index in [1.807, 2.05) is 48.5 Å². The van der Waals surface area contributed by atoms with Gasteiger partial charge in [0.1, 0.15) is 6.10 Å². The Morgan fingerprint density at radius 1 is 0.731 bits per heavy atom. The van der Waals surface area contributed by atoms with Crippen LogP contribution in [-0.2, 0) is 11.3 Å². The maximum Gasteiger partial charge on any atom is 0.100 e. The fourth-order valence-electron chi connectivity index (χ4n) is 2.71. The Morgan fingerprint density at radius 3 is 1.73 bits per heavy atom. The van der Waals surface area contributed by atoms with Crippen molar-refractivity contribution in [3.05, 3.63) is 90.5 Å². The van der Waals surface area contributed by atoms with Crippen molar-refractivity contribution < 1.29 is 14.9 Å². The van der Waals surface area contributed by atoms with Crippen LogP contribution < -0.4 is 4.90 Å². The first-order valence-electron chi connectivity index (χ1n) is 8.64. The molecule has 134 valence electrons. The highest BCUT2D eigenvalue weighted by atomic mass is 16.5. The molecule has 0 aliphatic carbocycles. The molecule has 0 saturated heterocycles. The van der Waals surface area contributed by atoms with Gasteiger partial charge in [-0.15, -0.1) is 0 Å². The first-order valence-corrected chi connectivity index (χ1v) is 8.64. The zero-order chi connectivity index (χ0) is 18.2. The molecule has 2 N–H and O–H groups in total. The number of hydrogen-bond donors (Lipinski definition) is 2. The average molecular weight is 349 g/mol. The minimum atomic E-state index is -0.832. The lowest BCUT2D eigenvalue weighted by Gasteiger charge is -2.25. The Bertz CT molecular complexity index is 736. The highest BCUT2D eigenvalue weighted by molar-refractivity contribution is 5.76. The van der Waals surface area contributed by atoms with E-state index in [-0.39, 0.29) is 13.2 Å². The predicted octanol–water partition coefficient (Wildman–Crippen LogP) is 4.03. The molecule has 4 nitrogen and oxygen atoms in total. The first kappa shape index (κ1) is 18.1. The molecule has 0 spiro atoms. The highest BCUT2D eigenvalue weighted by Gasteiger charge is 2.11. The summed E-state index contributed by atoms with van der Waals surface area (Å²) in [7, 11) is 0. The predicted molar refractivity (Wildman–Crippen MR) is 104 cm³/mol. The molecule has 1 unspecified atom stereocenters. The number of rotatable bonds is 8. The molecule has 0 amide bonds. The largest absolute Gasteiger partial charge is 0.394 e. The summed E-state index contributed by atoms with van der Waals surface area (Å²) in [4.78, 5) is 2.19. The van der Waals surface area contributed by atoms with Crippen molar-refractivity contribution in [3.8, 4) is 0 Å². The average Bonchev–Trinajstić information content (AvgIpc) is 2.71. The Morgan fingerprint density at radius 2 is 1.23 bits per heavy atom. The van der Waals surface area contributed by atoms with Crippen molar-refractivity contribution in [2.45, 2.75) is 12.7 Å². The summed E-state index contributed by atoms with van der Waals surface area (Å²) in [5.41, 5.74) is 4.25. The molecule has 0 aliphatic rings. The SMILES string of the molecule is OCC(O)COCc1ccc(N(c2ccccc2)c2ccccc2)cc1. The number of nitrogens with zero attached hydrogens (tertiary/aromatic N) is 1. The van der Waals surface area contributed by atoms with Gasteiger partial charge >= 0.3 is 0 Å². The van der Waals surface area contributed by atoms with E-state index >= 15 is 0 Å². The molecule has 0 saturated carbocycles. The summed E-state index contributed by atoms with van der Waals surface area (Å²) in [6, 6.07) is 28.6. The third kappa shape index (κ3) is 4.70. The highest BCUT2D eigenvalue weighted by Crippen LogP contribution is 2.34. The Hall–Kier alpha value is -2.66. The van der Waals surface area contributed by atoms with E-state index in [9.17, 15) is 5.11 Å². The van der Waals surface area contributed by atoms with Gasteiger partial charge in [-0.3, -0.25) is 0 Å². The van der Waals surface area contributed by atoms with Crippen LogP contribution in [0.25, 0.3) is 0 Å². The van der Waals surface area contributed by atoms with Gasteiger partial charge in [-0.25, -0.2) is 0 Å². The van der Waals surface area contributed by atoms with Gasteiger partial charge in [-0.05, 0) is 42.0 Å². The van der Waals surface area contributed by atoms with Crippen LogP contribution in [0.15, 0.2) is 84.9 Å². The molecule has 0 fully saturated rings. The molecule has 0 aromatic heterocycles. The second-order valence-corrected chi connectivity index (χ2v) is 6.02. The Labute approximate surface area is 153 Å². The van der Waals surface area contributed by atoms with Gasteiger partial charge in [0, 0.05) is 17.1 Å². The van der Waals surface area contributed by atoms with Crippen LogP contribution in [0.3, 0.4) is 0 Å². The molecule has 3 aromatic carbocycles. The summed E-state index contributed by atoms with van der Waals surface area (Å²) in [5, 5.41) is 18.1. The van der Waals surface area contributed by atoms with Gasteiger partial charge in [0.05, 0.1) is 19.8 Å². The maximum absolute atomic E-state index is 9.32. The lowest BCUT2D eigenvalue weighted by Crippen LogP contribution is -2.19. The number of benzene rings is 3. The summed E-state index contributed by atoms with van der Waals surface area (Å²) >= 11 is 0. The molecule has 3 aromatic rings. The molecule has 0 heterocycles. The van der Waals surface area contributed by atoms with Crippen molar-refractivity contribution in [2.24, 2.45) is 0 Å². The van der Waals surface area contributed by atoms with Gasteiger partial charge in [-0.1, -0.05) is 48.5 Å². The standard InChI is InChI=1S/C22H23NO3/c24-15-22(25)17-26-16-18-11-13-21(14-12-18)23(19-7-3-1-4-8-19)20-9-5-2-6-10-20/h1-14,22,24-25H,15-17H2. The summed E-state index contributed by atoms with van der Waals surface area (Å²) in [6.07, 6.45) is -0.832. The molecular formula is C22H23NO3. The van der Waals surface area contributed by atoms with Crippen LogP contribution in [0, 0.1) is 0 Å². The molecule has 0 bridgehead atoms. The van der Waals surface area contributed by atoms with Crippen LogP contribution in [0.2, 0.25) is 0 Å². The summed E-state index contributed by atoms with van der Waals surface area (Å²) < 4.78 is 5.42. The van der Waals surface area contributed by atoms with Crippen molar-refractivity contribution in [1.29, 1.82) is 0 Å². The number of aliphatic hydroxyl groups excluding tert-OH is 2. The summed E-state index contributed by atoms with van der Waals surface area (Å²) in [5.74, 6) is 0. The normalized spacial score (nSPS) is 11.9. The fraction of sp³-hybridized carbons (Fsp3) is 0.182. The van der Waals surface area contributed by atoms with Gasteiger partial charge in [0.15, 0.2) is 0 Å². The van der Waals surface area contributed by atoms with Crippen molar-refractivity contribution in [3.63, 3.8) is 0 Å². The first-order chi connectivity index (χ1) is 12.8. The van der Waals surface area contributed by atoms with E-state index in [0.29, 0.717) is 6.61 Å². The van der Waals surface area contributed by atoms with Crippen molar-refractivity contribution in [2.75, 3.05) is 18.1 Å². The molecule has 3 rings (SSSR count). The lowest BCUT2D eigenvalue weighted by molar-refractivity contribution is 0.0000273. The van der Waals surface area contributed by atoms with E-state index in [1.165, 1.54) is 0 Å². The number of hydrogen-bond acceptors (Lipinski definition) is 4. The fourth-order valence-corrected chi connectivity index (χ4v) is 2.71. The van der Waals surface area contributed by atoms with E-state index in [2.05, 4.69) is 41.3 Å². The minimum absolute atomic E-state index is 0.123. The topological polar surface area (TPSA) is 52.9 Å². The van der Waals surface area contributed by atoms with Crippen LogP contribution >= 0.6 is 0 Å². The smallest absolute Gasteiger partial charge is 0.100 e. The van der Waals surface area contributed by atoms with Crippen LogP contribution in [0.5, 0.6) is 0 Å². The lowest BCUT2D eigenvalue weighted by atomic mass is 10.1. The van der Waals surface area contributed by atoms with Crippen LogP contribution in [0.4, 0.5) is 17.1 Å². The van der Waals surface area contributed by atoms with E-state index in [4.69, 9.17) is 9.84 Å². The second kappa shape index (κ2) is 9.15. The van der Waals surface area contributed by atoms with Gasteiger partial charge in [0.2, 0.25) is 0 Å². The van der Waals surface area contributed by atoms with Gasteiger partial charge in [-0.2, -0.15) is 0 Å². The number of aliphatic hydroxyl groups is 2. The quantitative estimate of drug-likeness (QED) is 0.645. The number of para-hydroxylation sites is 2. The third-order valence-corrected chi connectivity index (χ3v) is 4.01.